The smallest absolute Gasteiger partial charge is 0.184 e. The van der Waals surface area contributed by atoms with Crippen LogP contribution >= 0.6 is 39.9 Å². The minimum atomic E-state index is -0.410. The maximum atomic E-state index is 13.3. The molecule has 0 radical (unpaired) electrons. The minimum Gasteiger partial charge on any atom is -0.483 e. The number of fused-ring (bicyclic) bond motifs is 1. The Morgan fingerprint density at radius 2 is 1.88 bits per heavy atom. The van der Waals surface area contributed by atoms with Crippen molar-refractivity contribution in [2.75, 3.05) is 13.1 Å². The molecular formula is C20H20BrNO2S2. The van der Waals surface area contributed by atoms with Gasteiger partial charge in [0.05, 0.1) is 5.56 Å². The summed E-state index contributed by atoms with van der Waals surface area (Å²) < 4.78 is 7.86. The van der Waals surface area contributed by atoms with Gasteiger partial charge in [0.15, 0.2) is 5.78 Å². The highest BCUT2D eigenvalue weighted by Gasteiger charge is 2.40. The number of hydrogen-bond donors (Lipinski definition) is 0. The van der Waals surface area contributed by atoms with E-state index in [1.54, 1.807) is 0 Å². The third-order valence-electron chi connectivity index (χ3n) is 4.37. The van der Waals surface area contributed by atoms with Gasteiger partial charge in [-0.15, -0.1) is 0 Å². The molecule has 3 rings (SSSR count). The SMILES string of the molecule is CCN(CC)C(=S)S[C@H]1C(=O)c2cc(Br)ccc2O[C@@H]1c1ccccc1. The van der Waals surface area contributed by atoms with Crippen molar-refractivity contribution in [2.24, 2.45) is 0 Å². The highest BCUT2D eigenvalue weighted by atomic mass is 79.9. The van der Waals surface area contributed by atoms with Gasteiger partial charge in [-0.25, -0.2) is 0 Å². The molecule has 3 nitrogen and oxygen atoms in total. The summed E-state index contributed by atoms with van der Waals surface area (Å²) >= 11 is 10.5. The Morgan fingerprint density at radius 3 is 2.54 bits per heavy atom. The molecule has 2 aromatic carbocycles. The van der Waals surface area contributed by atoms with Crippen molar-refractivity contribution in [1.29, 1.82) is 0 Å². The van der Waals surface area contributed by atoms with Crippen LogP contribution in [0.15, 0.2) is 53.0 Å². The van der Waals surface area contributed by atoms with Crippen LogP contribution in [0.5, 0.6) is 5.75 Å². The van der Waals surface area contributed by atoms with Crippen LogP contribution in [-0.2, 0) is 0 Å². The van der Waals surface area contributed by atoms with Gasteiger partial charge in [-0.05, 0) is 37.6 Å². The highest BCUT2D eigenvalue weighted by molar-refractivity contribution is 9.10. The van der Waals surface area contributed by atoms with Crippen LogP contribution in [0.2, 0.25) is 0 Å². The van der Waals surface area contributed by atoms with E-state index in [1.165, 1.54) is 11.8 Å². The molecule has 0 saturated heterocycles. The summed E-state index contributed by atoms with van der Waals surface area (Å²) in [5.41, 5.74) is 1.58. The molecule has 0 fully saturated rings. The summed E-state index contributed by atoms with van der Waals surface area (Å²) in [6.45, 7) is 5.78. The highest BCUT2D eigenvalue weighted by Crippen LogP contribution is 2.42. The molecule has 6 heteroatoms. The van der Waals surface area contributed by atoms with E-state index in [0.29, 0.717) is 11.3 Å². The third kappa shape index (κ3) is 3.97. The average Bonchev–Trinajstić information content (AvgIpc) is 2.66. The number of nitrogens with zero attached hydrogens (tertiary/aromatic N) is 1. The van der Waals surface area contributed by atoms with Crippen molar-refractivity contribution >= 4 is 50.0 Å². The number of benzene rings is 2. The summed E-state index contributed by atoms with van der Waals surface area (Å²) in [5.74, 6) is 0.679. The van der Waals surface area contributed by atoms with Crippen molar-refractivity contribution in [3.63, 3.8) is 0 Å². The Morgan fingerprint density at radius 1 is 1.19 bits per heavy atom. The van der Waals surface area contributed by atoms with Crippen LogP contribution in [0, 0.1) is 0 Å². The summed E-state index contributed by atoms with van der Waals surface area (Å²) in [6, 6.07) is 15.4. The van der Waals surface area contributed by atoms with Gasteiger partial charge >= 0.3 is 0 Å². The Bertz CT molecular complexity index is 809. The van der Waals surface area contributed by atoms with Crippen molar-refractivity contribution < 1.29 is 9.53 Å². The molecule has 0 N–H and O–H groups in total. The van der Waals surface area contributed by atoms with Gasteiger partial charge in [0.1, 0.15) is 21.4 Å². The fraction of sp³-hybridized carbons (Fsp3) is 0.300. The molecule has 2 aromatic rings. The lowest BCUT2D eigenvalue weighted by Crippen LogP contribution is -2.37. The van der Waals surface area contributed by atoms with Crippen LogP contribution < -0.4 is 4.74 Å². The molecule has 1 heterocycles. The molecule has 2 atom stereocenters. The fourth-order valence-electron chi connectivity index (χ4n) is 2.95. The van der Waals surface area contributed by atoms with E-state index >= 15 is 0 Å². The first kappa shape index (κ1) is 19.4. The second kappa shape index (κ2) is 8.55. The molecule has 1 aliphatic rings. The second-order valence-electron chi connectivity index (χ2n) is 5.93. The first-order chi connectivity index (χ1) is 12.5. The number of hydrogen-bond acceptors (Lipinski definition) is 4. The van der Waals surface area contributed by atoms with E-state index in [-0.39, 0.29) is 11.9 Å². The van der Waals surface area contributed by atoms with Gasteiger partial charge in [0.2, 0.25) is 0 Å². The number of thioether (sulfide) groups is 1. The molecule has 0 amide bonds. The maximum absolute atomic E-state index is 13.3. The number of carbonyl (C=O) groups excluding carboxylic acids is 1. The Kier molecular flexibility index (Phi) is 6.37. The molecule has 0 aliphatic carbocycles. The van der Waals surface area contributed by atoms with Gasteiger partial charge in [-0.2, -0.15) is 0 Å². The van der Waals surface area contributed by atoms with Crippen LogP contribution in [-0.4, -0.2) is 33.3 Å². The number of thiocarbonyl (C=S) groups is 1. The van der Waals surface area contributed by atoms with E-state index in [9.17, 15) is 4.79 Å². The van der Waals surface area contributed by atoms with Crippen molar-refractivity contribution in [2.45, 2.75) is 25.2 Å². The van der Waals surface area contributed by atoms with Gasteiger partial charge < -0.3 is 9.64 Å². The van der Waals surface area contributed by atoms with Gasteiger partial charge in [-0.1, -0.05) is 70.2 Å². The molecule has 0 aromatic heterocycles. The zero-order valence-electron chi connectivity index (χ0n) is 14.6. The molecule has 26 heavy (non-hydrogen) atoms. The Hall–Kier alpha value is -1.37. The van der Waals surface area contributed by atoms with Crippen LogP contribution in [0.4, 0.5) is 0 Å². The van der Waals surface area contributed by atoms with Gasteiger partial charge in [0.25, 0.3) is 0 Å². The third-order valence-corrected chi connectivity index (χ3v) is 6.59. The molecular weight excluding hydrogens is 430 g/mol. The van der Waals surface area contributed by atoms with E-state index in [4.69, 9.17) is 17.0 Å². The summed E-state index contributed by atoms with van der Waals surface area (Å²) in [6.07, 6.45) is -0.365. The number of Topliss-reactive ketones (excluding diaryl/α,β-unsaturated/α-hetero) is 1. The Balaban J connectivity index is 1.99. The molecule has 1 aliphatic heterocycles. The van der Waals surface area contributed by atoms with Crippen LogP contribution in [0.25, 0.3) is 0 Å². The van der Waals surface area contributed by atoms with E-state index in [0.717, 1.165) is 27.4 Å². The molecule has 0 bridgehead atoms. The standard InChI is InChI=1S/C20H20BrNO2S2/c1-3-22(4-2)20(25)26-19-17(23)15-12-14(21)10-11-16(15)24-18(19)13-8-6-5-7-9-13/h5-12,18-19H,3-4H2,1-2H3/t18-,19+/m1/s1. The van der Waals surface area contributed by atoms with Crippen molar-refractivity contribution in [3.8, 4) is 5.75 Å². The minimum absolute atomic E-state index is 0.0564. The van der Waals surface area contributed by atoms with Crippen molar-refractivity contribution in [1.82, 2.24) is 4.90 Å². The first-order valence-corrected chi connectivity index (χ1v) is 10.6. The van der Waals surface area contributed by atoms with Gasteiger partial charge in [0, 0.05) is 17.6 Å². The second-order valence-corrected chi connectivity index (χ2v) is 8.62. The lowest BCUT2D eigenvalue weighted by Gasteiger charge is -2.34. The maximum Gasteiger partial charge on any atom is 0.184 e. The number of ketones is 1. The van der Waals surface area contributed by atoms with Crippen LogP contribution in [0.1, 0.15) is 35.9 Å². The average molecular weight is 450 g/mol. The summed E-state index contributed by atoms with van der Waals surface area (Å²) in [4.78, 5) is 15.4. The predicted molar refractivity (Wildman–Crippen MR) is 115 cm³/mol. The Labute approximate surface area is 172 Å². The molecule has 0 saturated carbocycles. The number of ether oxygens (including phenoxy) is 1. The first-order valence-electron chi connectivity index (χ1n) is 8.56. The topological polar surface area (TPSA) is 29.5 Å². The quantitative estimate of drug-likeness (QED) is 0.575. The van der Waals surface area contributed by atoms with Crippen LogP contribution in [0.3, 0.4) is 0 Å². The monoisotopic (exact) mass is 449 g/mol. The zero-order valence-corrected chi connectivity index (χ0v) is 17.9. The lowest BCUT2D eigenvalue weighted by molar-refractivity contribution is 0.0868. The van der Waals surface area contributed by atoms with E-state index in [1.807, 2.05) is 48.5 Å². The normalized spacial score (nSPS) is 18.8. The summed E-state index contributed by atoms with van der Waals surface area (Å²) in [7, 11) is 0. The largest absolute Gasteiger partial charge is 0.483 e. The van der Waals surface area contributed by atoms with Gasteiger partial charge in [-0.3, -0.25) is 4.79 Å². The number of rotatable bonds is 4. The molecule has 0 spiro atoms. The summed E-state index contributed by atoms with van der Waals surface area (Å²) in [5, 5.41) is -0.410. The lowest BCUT2D eigenvalue weighted by atomic mass is 9.96. The zero-order chi connectivity index (χ0) is 18.7. The van der Waals surface area contributed by atoms with Crippen molar-refractivity contribution in [3.05, 3.63) is 64.1 Å². The molecule has 136 valence electrons. The van der Waals surface area contributed by atoms with E-state index < -0.39 is 5.25 Å². The predicted octanol–water partition coefficient (Wildman–Crippen LogP) is 5.49. The molecule has 0 unspecified atom stereocenters. The fourth-order valence-corrected chi connectivity index (χ4v) is 5.08. The van der Waals surface area contributed by atoms with E-state index in [2.05, 4.69) is 34.7 Å². The number of halogens is 1. The number of carbonyl (C=O) groups is 1.